The molecule has 2 nitrogen and oxygen atoms in total. The highest BCUT2D eigenvalue weighted by Gasteiger charge is 2.14. The van der Waals surface area contributed by atoms with Crippen molar-refractivity contribution >= 4 is 33.1 Å². The minimum atomic E-state index is -0.321. The number of hydrogen-bond acceptors (Lipinski definition) is 1. The maximum atomic E-state index is 13.4. The molecule has 0 saturated heterocycles. The van der Waals surface area contributed by atoms with E-state index in [0.717, 1.165) is 6.29 Å². The predicted molar refractivity (Wildman–Crippen MR) is 56.0 cm³/mol. The van der Waals surface area contributed by atoms with Crippen LogP contribution in [0.15, 0.2) is 22.8 Å². The summed E-state index contributed by atoms with van der Waals surface area (Å²) in [5.41, 5.74) is 0.934. The van der Waals surface area contributed by atoms with Gasteiger partial charge in [-0.3, -0.25) is 4.79 Å². The molecule has 72 valence electrons. The lowest BCUT2D eigenvalue weighted by atomic mass is 10.2. The van der Waals surface area contributed by atoms with E-state index in [1.54, 1.807) is 23.7 Å². The topological polar surface area (TPSA) is 22.0 Å². The van der Waals surface area contributed by atoms with E-state index in [1.807, 2.05) is 0 Å². The largest absolute Gasteiger partial charge is 0.335 e. The Morgan fingerprint density at radius 3 is 2.86 bits per heavy atom. The van der Waals surface area contributed by atoms with Crippen LogP contribution in [0.3, 0.4) is 0 Å². The van der Waals surface area contributed by atoms with Crippen molar-refractivity contribution in [2.45, 2.75) is 0 Å². The highest BCUT2D eigenvalue weighted by atomic mass is 79.9. The Balaban J connectivity index is 3.02. The molecule has 0 unspecified atom stereocenters. The molecule has 0 aliphatic heterocycles. The van der Waals surface area contributed by atoms with E-state index in [1.165, 1.54) is 6.07 Å². The van der Waals surface area contributed by atoms with Gasteiger partial charge in [-0.1, -0.05) is 12.1 Å². The van der Waals surface area contributed by atoms with E-state index in [4.69, 9.17) is 0 Å². The van der Waals surface area contributed by atoms with E-state index in [9.17, 15) is 9.18 Å². The van der Waals surface area contributed by atoms with Gasteiger partial charge in [0.05, 0.1) is 15.7 Å². The Bertz CT molecular complexity index is 518. The summed E-state index contributed by atoms with van der Waals surface area (Å²) in [5.74, 6) is -0.321. The van der Waals surface area contributed by atoms with Gasteiger partial charge in [-0.15, -0.1) is 0 Å². The molecule has 0 aliphatic carbocycles. The molecule has 1 aromatic heterocycles. The molecule has 1 aromatic carbocycles. The van der Waals surface area contributed by atoms with Crippen LogP contribution in [0.5, 0.6) is 0 Å². The van der Waals surface area contributed by atoms with Crippen molar-refractivity contribution < 1.29 is 9.18 Å². The van der Waals surface area contributed by atoms with Gasteiger partial charge in [0.2, 0.25) is 0 Å². The Morgan fingerprint density at radius 1 is 1.50 bits per heavy atom. The van der Waals surface area contributed by atoms with Gasteiger partial charge in [0, 0.05) is 12.4 Å². The van der Waals surface area contributed by atoms with Crippen molar-refractivity contribution in [3.8, 4) is 0 Å². The SMILES string of the molecule is Cn1c(Br)c(C=O)c2cccc(F)c21. The number of carbonyl (C=O) groups excluding carboxylic acids is 1. The van der Waals surface area contributed by atoms with Gasteiger partial charge in [-0.05, 0) is 22.0 Å². The summed E-state index contributed by atoms with van der Waals surface area (Å²) in [5, 5.41) is 0.634. The molecule has 1 heterocycles. The fourth-order valence-electron chi connectivity index (χ4n) is 1.58. The molecule has 0 bridgehead atoms. The molecule has 0 saturated carbocycles. The van der Waals surface area contributed by atoms with Gasteiger partial charge in [0.25, 0.3) is 0 Å². The number of carbonyl (C=O) groups is 1. The number of rotatable bonds is 1. The fraction of sp³-hybridized carbons (Fsp3) is 0.100. The van der Waals surface area contributed by atoms with Crippen LogP contribution in [-0.4, -0.2) is 10.9 Å². The third-order valence-corrected chi connectivity index (χ3v) is 3.21. The summed E-state index contributed by atoms with van der Waals surface area (Å²) >= 11 is 3.25. The first-order valence-corrected chi connectivity index (χ1v) is 4.83. The molecule has 2 rings (SSSR count). The van der Waals surface area contributed by atoms with Crippen molar-refractivity contribution in [3.05, 3.63) is 34.2 Å². The molecule has 2 aromatic rings. The molecule has 0 spiro atoms. The zero-order valence-electron chi connectivity index (χ0n) is 7.42. The van der Waals surface area contributed by atoms with Gasteiger partial charge >= 0.3 is 0 Å². The lowest BCUT2D eigenvalue weighted by Gasteiger charge is -1.97. The molecule has 0 radical (unpaired) electrons. The Kier molecular flexibility index (Phi) is 2.15. The number of aldehydes is 1. The number of benzene rings is 1. The lowest BCUT2D eigenvalue weighted by molar-refractivity contribution is 0.112. The summed E-state index contributed by atoms with van der Waals surface area (Å²) in [6, 6.07) is 4.70. The van der Waals surface area contributed by atoms with Crippen LogP contribution in [0.4, 0.5) is 4.39 Å². The van der Waals surface area contributed by atoms with Crippen molar-refractivity contribution in [2.24, 2.45) is 7.05 Å². The number of aromatic nitrogens is 1. The maximum absolute atomic E-state index is 13.4. The average Bonchev–Trinajstić information content (AvgIpc) is 2.41. The molecule has 0 fully saturated rings. The standard InChI is InChI=1S/C10H7BrFNO/c1-13-9-6(3-2-4-8(9)12)7(5-14)10(13)11/h2-5H,1H3. The van der Waals surface area contributed by atoms with Gasteiger partial charge in [0.15, 0.2) is 6.29 Å². The molecular weight excluding hydrogens is 249 g/mol. The number of fused-ring (bicyclic) bond motifs is 1. The molecule has 0 amide bonds. The van der Waals surface area contributed by atoms with Crippen LogP contribution >= 0.6 is 15.9 Å². The van der Waals surface area contributed by atoms with E-state index in [2.05, 4.69) is 15.9 Å². The molecule has 0 atom stereocenters. The van der Waals surface area contributed by atoms with Crippen molar-refractivity contribution in [1.29, 1.82) is 0 Å². The van der Waals surface area contributed by atoms with Gasteiger partial charge in [-0.25, -0.2) is 4.39 Å². The fourth-order valence-corrected chi connectivity index (χ4v) is 2.06. The minimum absolute atomic E-state index is 0.321. The zero-order valence-corrected chi connectivity index (χ0v) is 9.01. The molecule has 0 N–H and O–H groups in total. The highest BCUT2D eigenvalue weighted by Crippen LogP contribution is 2.29. The number of nitrogens with zero attached hydrogens (tertiary/aromatic N) is 1. The van der Waals surface area contributed by atoms with Gasteiger partial charge in [-0.2, -0.15) is 0 Å². The normalized spacial score (nSPS) is 10.8. The lowest BCUT2D eigenvalue weighted by Crippen LogP contribution is -1.89. The van der Waals surface area contributed by atoms with E-state index in [-0.39, 0.29) is 5.82 Å². The smallest absolute Gasteiger partial charge is 0.153 e. The van der Waals surface area contributed by atoms with E-state index < -0.39 is 0 Å². The predicted octanol–water partition coefficient (Wildman–Crippen LogP) is 2.89. The van der Waals surface area contributed by atoms with E-state index >= 15 is 0 Å². The first-order valence-electron chi connectivity index (χ1n) is 4.04. The van der Waals surface area contributed by atoms with Crippen molar-refractivity contribution in [1.82, 2.24) is 4.57 Å². The van der Waals surface area contributed by atoms with Crippen LogP contribution in [-0.2, 0) is 7.05 Å². The second-order valence-corrected chi connectivity index (χ2v) is 3.77. The highest BCUT2D eigenvalue weighted by molar-refractivity contribution is 9.10. The molecule has 4 heteroatoms. The number of hydrogen-bond donors (Lipinski definition) is 0. The monoisotopic (exact) mass is 255 g/mol. The first-order chi connectivity index (χ1) is 6.66. The van der Waals surface area contributed by atoms with Crippen LogP contribution < -0.4 is 0 Å². The van der Waals surface area contributed by atoms with Crippen LogP contribution in [0, 0.1) is 5.82 Å². The Morgan fingerprint density at radius 2 is 2.21 bits per heavy atom. The Hall–Kier alpha value is -1.16. The summed E-state index contributed by atoms with van der Waals surface area (Å²) in [6.07, 6.45) is 0.728. The Labute approximate surface area is 88.5 Å². The van der Waals surface area contributed by atoms with Gasteiger partial charge < -0.3 is 4.57 Å². The number of para-hydroxylation sites is 1. The minimum Gasteiger partial charge on any atom is -0.335 e. The second kappa shape index (κ2) is 3.20. The summed E-state index contributed by atoms with van der Waals surface area (Å²) in [7, 11) is 1.71. The van der Waals surface area contributed by atoms with E-state index in [0.29, 0.717) is 21.1 Å². The quantitative estimate of drug-likeness (QED) is 0.719. The molecular formula is C10H7BrFNO. The van der Waals surface area contributed by atoms with Crippen molar-refractivity contribution in [2.75, 3.05) is 0 Å². The first kappa shape index (κ1) is 9.40. The number of halogens is 2. The van der Waals surface area contributed by atoms with Crippen molar-refractivity contribution in [3.63, 3.8) is 0 Å². The van der Waals surface area contributed by atoms with Crippen LogP contribution in [0.25, 0.3) is 10.9 Å². The zero-order chi connectivity index (χ0) is 10.3. The number of aryl methyl sites for hydroxylation is 1. The summed E-state index contributed by atoms with van der Waals surface area (Å²) < 4.78 is 15.6. The van der Waals surface area contributed by atoms with Crippen LogP contribution in [0.2, 0.25) is 0 Å². The summed E-state index contributed by atoms with van der Waals surface area (Å²) in [6.45, 7) is 0. The third kappa shape index (κ3) is 1.10. The summed E-state index contributed by atoms with van der Waals surface area (Å²) in [4.78, 5) is 10.8. The molecule has 0 aliphatic rings. The third-order valence-electron chi connectivity index (χ3n) is 2.25. The maximum Gasteiger partial charge on any atom is 0.153 e. The van der Waals surface area contributed by atoms with Crippen LogP contribution in [0.1, 0.15) is 10.4 Å². The average molecular weight is 256 g/mol. The van der Waals surface area contributed by atoms with Gasteiger partial charge in [0.1, 0.15) is 5.82 Å². The molecule has 14 heavy (non-hydrogen) atoms. The second-order valence-electron chi connectivity index (χ2n) is 3.02.